The van der Waals surface area contributed by atoms with Gasteiger partial charge in [-0.05, 0) is 37.0 Å². The molecule has 0 bridgehead atoms. The number of amides is 1. The lowest BCUT2D eigenvalue weighted by Crippen LogP contribution is -2.40. The largest absolute Gasteiger partial charge is 0.463 e. The third-order valence-corrected chi connectivity index (χ3v) is 4.94. The van der Waals surface area contributed by atoms with E-state index >= 15 is 0 Å². The first kappa shape index (κ1) is 18.8. The number of furan rings is 1. The van der Waals surface area contributed by atoms with Gasteiger partial charge >= 0.3 is 6.18 Å². The molecule has 140 valence electrons. The minimum Gasteiger partial charge on any atom is -0.463 e. The third kappa shape index (κ3) is 4.57. The standard InChI is InChI=1S/C17H18F3N3O2S/c1-11-4-2-6-23(9-11)15(24)10-26-16-21-12(13-5-3-7-25-13)8-14(22-16)17(18,19)20/h3,5,7-8,11H,2,4,6,9-10H2,1H3. The molecule has 0 aliphatic carbocycles. The molecule has 0 saturated carbocycles. The lowest BCUT2D eigenvalue weighted by molar-refractivity contribution is -0.141. The average Bonchev–Trinajstić information content (AvgIpc) is 3.13. The Balaban J connectivity index is 1.76. The molecule has 3 heterocycles. The first-order chi connectivity index (χ1) is 12.3. The van der Waals surface area contributed by atoms with Crippen molar-refractivity contribution < 1.29 is 22.4 Å². The highest BCUT2D eigenvalue weighted by Gasteiger charge is 2.34. The van der Waals surface area contributed by atoms with Gasteiger partial charge in [0.2, 0.25) is 5.91 Å². The number of alkyl halides is 3. The van der Waals surface area contributed by atoms with Crippen LogP contribution in [0.4, 0.5) is 13.2 Å². The number of carbonyl (C=O) groups excluding carboxylic acids is 1. The monoisotopic (exact) mass is 385 g/mol. The molecule has 1 atom stereocenters. The molecule has 1 saturated heterocycles. The third-order valence-electron chi connectivity index (χ3n) is 4.10. The van der Waals surface area contributed by atoms with Crippen LogP contribution in [0.1, 0.15) is 25.5 Å². The van der Waals surface area contributed by atoms with Crippen LogP contribution < -0.4 is 0 Å². The molecular formula is C17H18F3N3O2S. The Kier molecular flexibility index (Phi) is 5.55. The van der Waals surface area contributed by atoms with Crippen LogP contribution in [0.3, 0.4) is 0 Å². The predicted molar refractivity (Wildman–Crippen MR) is 90.4 cm³/mol. The Labute approximate surface area is 153 Å². The second kappa shape index (κ2) is 7.69. The summed E-state index contributed by atoms with van der Waals surface area (Å²) in [5.41, 5.74) is -1.01. The molecule has 26 heavy (non-hydrogen) atoms. The Morgan fingerprint density at radius 1 is 1.42 bits per heavy atom. The fourth-order valence-electron chi connectivity index (χ4n) is 2.82. The fourth-order valence-corrected chi connectivity index (χ4v) is 3.58. The SMILES string of the molecule is CC1CCCN(C(=O)CSc2nc(-c3ccco3)cc(C(F)(F)F)n2)C1. The van der Waals surface area contributed by atoms with E-state index in [0.717, 1.165) is 30.7 Å². The molecule has 1 amide bonds. The summed E-state index contributed by atoms with van der Waals surface area (Å²) in [6, 6.07) is 3.94. The molecule has 9 heteroatoms. The van der Waals surface area contributed by atoms with Crippen LogP contribution in [0.5, 0.6) is 0 Å². The van der Waals surface area contributed by atoms with Crippen LogP contribution in [-0.4, -0.2) is 39.6 Å². The van der Waals surface area contributed by atoms with Crippen LogP contribution in [0.2, 0.25) is 0 Å². The van der Waals surface area contributed by atoms with Gasteiger partial charge in [0.1, 0.15) is 11.4 Å². The van der Waals surface area contributed by atoms with E-state index in [9.17, 15) is 18.0 Å². The van der Waals surface area contributed by atoms with Gasteiger partial charge in [0.05, 0.1) is 12.0 Å². The number of aromatic nitrogens is 2. The number of likely N-dealkylation sites (tertiary alicyclic amines) is 1. The van der Waals surface area contributed by atoms with E-state index in [1.165, 1.54) is 12.3 Å². The first-order valence-corrected chi connectivity index (χ1v) is 9.22. The summed E-state index contributed by atoms with van der Waals surface area (Å²) in [6.45, 7) is 3.45. The lowest BCUT2D eigenvalue weighted by Gasteiger charge is -2.30. The molecular weight excluding hydrogens is 367 g/mol. The van der Waals surface area contributed by atoms with Gasteiger partial charge in [-0.1, -0.05) is 18.7 Å². The minimum absolute atomic E-state index is 0.00558. The summed E-state index contributed by atoms with van der Waals surface area (Å²) in [5, 5.41) is -0.0929. The maximum Gasteiger partial charge on any atom is 0.433 e. The summed E-state index contributed by atoms with van der Waals surface area (Å²) in [5.74, 6) is 0.553. The maximum absolute atomic E-state index is 13.1. The molecule has 1 fully saturated rings. The molecule has 1 aliphatic rings. The molecule has 0 spiro atoms. The zero-order valence-electron chi connectivity index (χ0n) is 14.1. The second-order valence-corrected chi connectivity index (χ2v) is 7.21. The zero-order valence-corrected chi connectivity index (χ0v) is 14.9. The Bertz CT molecular complexity index is 765. The van der Waals surface area contributed by atoms with E-state index in [4.69, 9.17) is 4.42 Å². The zero-order chi connectivity index (χ0) is 18.7. The van der Waals surface area contributed by atoms with Gasteiger partial charge in [-0.15, -0.1) is 0 Å². The molecule has 2 aromatic rings. The van der Waals surface area contributed by atoms with Crippen LogP contribution >= 0.6 is 11.8 Å². The lowest BCUT2D eigenvalue weighted by atomic mass is 10.0. The molecule has 5 nitrogen and oxygen atoms in total. The van der Waals surface area contributed by atoms with Crippen molar-refractivity contribution in [2.24, 2.45) is 5.92 Å². The highest BCUT2D eigenvalue weighted by atomic mass is 32.2. The first-order valence-electron chi connectivity index (χ1n) is 8.23. The highest BCUT2D eigenvalue weighted by molar-refractivity contribution is 7.99. The summed E-state index contributed by atoms with van der Waals surface area (Å²) < 4.78 is 44.5. The van der Waals surface area contributed by atoms with E-state index in [2.05, 4.69) is 16.9 Å². The number of piperidine rings is 1. The van der Waals surface area contributed by atoms with Crippen molar-refractivity contribution in [2.75, 3.05) is 18.8 Å². The van der Waals surface area contributed by atoms with Crippen molar-refractivity contribution in [3.63, 3.8) is 0 Å². The van der Waals surface area contributed by atoms with Crippen LogP contribution in [0.15, 0.2) is 34.0 Å². The van der Waals surface area contributed by atoms with Crippen molar-refractivity contribution in [1.29, 1.82) is 0 Å². The Hall–Kier alpha value is -2.03. The van der Waals surface area contributed by atoms with E-state index < -0.39 is 11.9 Å². The van der Waals surface area contributed by atoms with Crippen molar-refractivity contribution >= 4 is 17.7 Å². The molecule has 3 rings (SSSR count). The molecule has 0 radical (unpaired) electrons. The molecule has 2 aromatic heterocycles. The molecule has 0 N–H and O–H groups in total. The number of hydrogen-bond donors (Lipinski definition) is 0. The summed E-state index contributed by atoms with van der Waals surface area (Å²) >= 11 is 0.910. The van der Waals surface area contributed by atoms with E-state index in [1.54, 1.807) is 11.0 Å². The number of rotatable bonds is 4. The quantitative estimate of drug-likeness (QED) is 0.586. The van der Waals surface area contributed by atoms with Crippen molar-refractivity contribution in [2.45, 2.75) is 31.1 Å². The van der Waals surface area contributed by atoms with E-state index in [1.807, 2.05) is 0 Å². The predicted octanol–water partition coefficient (Wildman–Crippen LogP) is 4.11. The number of hydrogen-bond acceptors (Lipinski definition) is 5. The second-order valence-electron chi connectivity index (χ2n) is 6.27. The van der Waals surface area contributed by atoms with Gasteiger partial charge in [-0.25, -0.2) is 9.97 Å². The summed E-state index contributed by atoms with van der Waals surface area (Å²) in [4.78, 5) is 21.7. The van der Waals surface area contributed by atoms with Gasteiger partial charge < -0.3 is 9.32 Å². The summed E-state index contributed by atoms with van der Waals surface area (Å²) in [6.07, 6.45) is -1.22. The number of halogens is 3. The normalized spacial score (nSPS) is 18.2. The summed E-state index contributed by atoms with van der Waals surface area (Å²) in [7, 11) is 0. The van der Waals surface area contributed by atoms with Crippen LogP contribution in [0, 0.1) is 5.92 Å². The Morgan fingerprint density at radius 3 is 2.88 bits per heavy atom. The van der Waals surface area contributed by atoms with Gasteiger partial charge in [0, 0.05) is 13.1 Å². The number of carbonyl (C=O) groups is 1. The fraction of sp³-hybridized carbons (Fsp3) is 0.471. The van der Waals surface area contributed by atoms with Gasteiger partial charge in [0.25, 0.3) is 0 Å². The van der Waals surface area contributed by atoms with E-state index in [0.29, 0.717) is 19.0 Å². The van der Waals surface area contributed by atoms with Crippen molar-refractivity contribution in [3.8, 4) is 11.5 Å². The van der Waals surface area contributed by atoms with E-state index in [-0.39, 0.29) is 28.3 Å². The maximum atomic E-state index is 13.1. The molecule has 1 unspecified atom stereocenters. The van der Waals surface area contributed by atoms with Gasteiger partial charge in [-0.3, -0.25) is 4.79 Å². The molecule has 1 aliphatic heterocycles. The Morgan fingerprint density at radius 2 is 2.23 bits per heavy atom. The van der Waals surface area contributed by atoms with Gasteiger partial charge in [0.15, 0.2) is 10.9 Å². The minimum atomic E-state index is -4.61. The van der Waals surface area contributed by atoms with Crippen molar-refractivity contribution in [3.05, 3.63) is 30.2 Å². The smallest absolute Gasteiger partial charge is 0.433 e. The number of nitrogens with zero attached hydrogens (tertiary/aromatic N) is 3. The topological polar surface area (TPSA) is 59.2 Å². The highest BCUT2D eigenvalue weighted by Crippen LogP contribution is 2.32. The van der Waals surface area contributed by atoms with Gasteiger partial charge in [-0.2, -0.15) is 13.2 Å². The van der Waals surface area contributed by atoms with Crippen LogP contribution in [0.25, 0.3) is 11.5 Å². The van der Waals surface area contributed by atoms with Crippen LogP contribution in [-0.2, 0) is 11.0 Å². The van der Waals surface area contributed by atoms with Crippen molar-refractivity contribution in [1.82, 2.24) is 14.9 Å². The molecule has 0 aromatic carbocycles. The number of thioether (sulfide) groups is 1. The average molecular weight is 385 g/mol.